The quantitative estimate of drug-likeness (QED) is 0.346. The molecule has 1 aliphatic rings. The van der Waals surface area contributed by atoms with Gasteiger partial charge in [-0.3, -0.25) is 9.59 Å². The van der Waals surface area contributed by atoms with Crippen molar-refractivity contribution in [1.29, 1.82) is 0 Å². The summed E-state index contributed by atoms with van der Waals surface area (Å²) in [6.45, 7) is 6.29. The van der Waals surface area contributed by atoms with Gasteiger partial charge in [-0.25, -0.2) is 0 Å². The first-order chi connectivity index (χ1) is 17.6. The zero-order chi connectivity index (χ0) is 26.6. The Bertz CT molecular complexity index is 1270. The molecule has 0 aromatic heterocycles. The summed E-state index contributed by atoms with van der Waals surface area (Å²) < 4.78 is 6.45. The third kappa shape index (κ3) is 6.92. The van der Waals surface area contributed by atoms with Gasteiger partial charge in [0.25, 0.3) is 5.91 Å². The van der Waals surface area contributed by atoms with Crippen LogP contribution in [0.15, 0.2) is 66.7 Å². The highest BCUT2D eigenvalue weighted by Crippen LogP contribution is 2.36. The van der Waals surface area contributed by atoms with Gasteiger partial charge in [-0.1, -0.05) is 67.9 Å². The number of amides is 1. The minimum Gasteiger partial charge on any atom is -0.487 e. The second-order valence-corrected chi connectivity index (χ2v) is 11.0. The Labute approximate surface area is 224 Å². The number of carbonyl (C=O) groups excluding carboxylic acids is 1. The minimum absolute atomic E-state index is 0.117. The molecule has 3 aromatic rings. The first kappa shape index (κ1) is 26.7. The minimum atomic E-state index is -1.07. The molecule has 1 atom stereocenters. The predicted octanol–water partition coefficient (Wildman–Crippen LogP) is 6.59. The number of aryl methyl sites for hydroxylation is 1. The SMILES string of the molecule is CC(C)Cc1ccc(CC2(C)CCc3cc(C(=O)N(CC(=O)O)Cc4ccccc4Cl)ccc3O2)cc1. The summed E-state index contributed by atoms with van der Waals surface area (Å²) >= 11 is 6.26. The van der Waals surface area contributed by atoms with Gasteiger partial charge in [0.1, 0.15) is 17.9 Å². The molecule has 3 aromatic carbocycles. The third-order valence-corrected chi connectivity index (χ3v) is 7.13. The van der Waals surface area contributed by atoms with Crippen molar-refractivity contribution < 1.29 is 19.4 Å². The molecule has 0 saturated heterocycles. The molecule has 1 unspecified atom stereocenters. The van der Waals surface area contributed by atoms with Crippen LogP contribution in [0.2, 0.25) is 5.02 Å². The molecule has 5 nitrogen and oxygen atoms in total. The van der Waals surface area contributed by atoms with Crippen LogP contribution in [0.3, 0.4) is 0 Å². The molecular weight excluding hydrogens is 486 g/mol. The first-order valence-corrected chi connectivity index (χ1v) is 13.1. The molecule has 4 rings (SSSR count). The van der Waals surface area contributed by atoms with Crippen LogP contribution in [0.25, 0.3) is 0 Å². The molecule has 0 fully saturated rings. The number of halogens is 1. The number of benzene rings is 3. The number of carbonyl (C=O) groups is 2. The van der Waals surface area contributed by atoms with Crippen molar-refractivity contribution in [3.05, 3.63) is 99.6 Å². The van der Waals surface area contributed by atoms with Gasteiger partial charge in [0, 0.05) is 23.6 Å². The zero-order valence-electron chi connectivity index (χ0n) is 21.7. The summed E-state index contributed by atoms with van der Waals surface area (Å²) in [7, 11) is 0. The number of fused-ring (bicyclic) bond motifs is 1. The molecule has 0 saturated carbocycles. The monoisotopic (exact) mass is 519 g/mol. The van der Waals surface area contributed by atoms with Gasteiger partial charge in [-0.2, -0.15) is 0 Å². The van der Waals surface area contributed by atoms with Crippen LogP contribution in [0, 0.1) is 5.92 Å². The van der Waals surface area contributed by atoms with Crippen molar-refractivity contribution in [1.82, 2.24) is 4.90 Å². The topological polar surface area (TPSA) is 66.8 Å². The van der Waals surface area contributed by atoms with Crippen LogP contribution in [0.5, 0.6) is 5.75 Å². The van der Waals surface area contributed by atoms with Gasteiger partial charge in [0.05, 0.1) is 0 Å². The Morgan fingerprint density at radius 3 is 2.43 bits per heavy atom. The fourth-order valence-corrected chi connectivity index (χ4v) is 5.12. The molecule has 0 spiro atoms. The Morgan fingerprint density at radius 2 is 1.76 bits per heavy atom. The van der Waals surface area contributed by atoms with Crippen molar-refractivity contribution >= 4 is 23.5 Å². The maximum atomic E-state index is 13.3. The molecule has 1 N–H and O–H groups in total. The lowest BCUT2D eigenvalue weighted by Gasteiger charge is -2.36. The van der Waals surface area contributed by atoms with Gasteiger partial charge in [-0.15, -0.1) is 0 Å². The highest BCUT2D eigenvalue weighted by molar-refractivity contribution is 6.31. The lowest BCUT2D eigenvalue weighted by atomic mass is 9.86. The van der Waals surface area contributed by atoms with Crippen LogP contribution < -0.4 is 4.74 Å². The summed E-state index contributed by atoms with van der Waals surface area (Å²) in [5, 5.41) is 9.90. The van der Waals surface area contributed by atoms with Crippen molar-refractivity contribution in [2.75, 3.05) is 6.54 Å². The molecule has 37 heavy (non-hydrogen) atoms. The number of carboxylic acid groups (broad SMARTS) is 1. The largest absolute Gasteiger partial charge is 0.487 e. The van der Waals surface area contributed by atoms with E-state index in [1.807, 2.05) is 18.2 Å². The summed E-state index contributed by atoms with van der Waals surface area (Å²) in [6.07, 6.45) is 3.48. The lowest BCUT2D eigenvalue weighted by molar-refractivity contribution is -0.137. The van der Waals surface area contributed by atoms with Crippen molar-refractivity contribution in [2.45, 2.75) is 58.6 Å². The van der Waals surface area contributed by atoms with Crippen molar-refractivity contribution in [3.63, 3.8) is 0 Å². The molecule has 1 amide bonds. The van der Waals surface area contributed by atoms with Crippen LogP contribution in [-0.2, 0) is 30.6 Å². The maximum absolute atomic E-state index is 13.3. The van der Waals surface area contributed by atoms with E-state index in [-0.39, 0.29) is 18.1 Å². The van der Waals surface area contributed by atoms with Crippen LogP contribution in [0.4, 0.5) is 0 Å². The number of hydrogen-bond donors (Lipinski definition) is 1. The van der Waals surface area contributed by atoms with E-state index in [0.29, 0.717) is 22.1 Å². The van der Waals surface area contributed by atoms with E-state index in [1.165, 1.54) is 16.0 Å². The lowest BCUT2D eigenvalue weighted by Crippen LogP contribution is -2.39. The second kappa shape index (κ2) is 11.4. The Kier molecular flexibility index (Phi) is 8.23. The average Bonchev–Trinajstić information content (AvgIpc) is 2.85. The van der Waals surface area contributed by atoms with Gasteiger partial charge in [-0.05, 0) is 78.6 Å². The number of ether oxygens (including phenoxy) is 1. The number of rotatable bonds is 9. The number of carboxylic acids is 1. The van der Waals surface area contributed by atoms with E-state index in [2.05, 4.69) is 45.0 Å². The molecule has 6 heteroatoms. The smallest absolute Gasteiger partial charge is 0.323 e. The zero-order valence-corrected chi connectivity index (χ0v) is 22.4. The molecule has 0 radical (unpaired) electrons. The van der Waals surface area contributed by atoms with E-state index in [9.17, 15) is 14.7 Å². The molecule has 1 aliphatic heterocycles. The van der Waals surface area contributed by atoms with Crippen LogP contribution in [0.1, 0.15) is 59.8 Å². The fourth-order valence-electron chi connectivity index (χ4n) is 4.92. The molecule has 194 valence electrons. The van der Waals surface area contributed by atoms with E-state index in [4.69, 9.17) is 16.3 Å². The Hall–Kier alpha value is -3.31. The van der Waals surface area contributed by atoms with Gasteiger partial charge in [0.15, 0.2) is 0 Å². The van der Waals surface area contributed by atoms with Crippen molar-refractivity contribution in [2.24, 2.45) is 5.92 Å². The van der Waals surface area contributed by atoms with Gasteiger partial charge >= 0.3 is 5.97 Å². The van der Waals surface area contributed by atoms with Crippen LogP contribution in [-0.4, -0.2) is 34.0 Å². The number of aliphatic carboxylic acids is 1. The van der Waals surface area contributed by atoms with E-state index >= 15 is 0 Å². The van der Waals surface area contributed by atoms with Gasteiger partial charge in [0.2, 0.25) is 0 Å². The first-order valence-electron chi connectivity index (χ1n) is 12.8. The third-order valence-electron chi connectivity index (χ3n) is 6.76. The molecule has 0 bridgehead atoms. The predicted molar refractivity (Wildman–Crippen MR) is 146 cm³/mol. The van der Waals surface area contributed by atoms with Crippen molar-refractivity contribution in [3.8, 4) is 5.75 Å². The fraction of sp³-hybridized carbons (Fsp3) is 0.355. The van der Waals surface area contributed by atoms with Crippen LogP contribution >= 0.6 is 11.6 Å². The van der Waals surface area contributed by atoms with E-state index < -0.39 is 12.5 Å². The Balaban J connectivity index is 1.48. The highest BCUT2D eigenvalue weighted by atomic mass is 35.5. The summed E-state index contributed by atoms with van der Waals surface area (Å²) in [5.74, 6) is -0.0158. The molecular formula is C31H34ClNO4. The number of nitrogens with zero attached hydrogens (tertiary/aromatic N) is 1. The maximum Gasteiger partial charge on any atom is 0.323 e. The highest BCUT2D eigenvalue weighted by Gasteiger charge is 2.32. The Morgan fingerprint density at radius 1 is 1.05 bits per heavy atom. The van der Waals surface area contributed by atoms with E-state index in [0.717, 1.165) is 37.0 Å². The summed E-state index contributed by atoms with van der Waals surface area (Å²) in [5.41, 5.74) is 4.37. The second-order valence-electron chi connectivity index (χ2n) is 10.6. The normalized spacial score (nSPS) is 16.7. The van der Waals surface area contributed by atoms with E-state index in [1.54, 1.807) is 24.3 Å². The summed E-state index contributed by atoms with van der Waals surface area (Å²) in [6, 6.07) is 21.3. The average molecular weight is 520 g/mol. The molecule has 1 heterocycles. The summed E-state index contributed by atoms with van der Waals surface area (Å²) in [4.78, 5) is 26.1. The number of hydrogen-bond acceptors (Lipinski definition) is 3. The van der Waals surface area contributed by atoms with Gasteiger partial charge < -0.3 is 14.7 Å². The standard InChI is InChI=1S/C31H34ClNO4/c1-21(2)16-22-8-10-23(11-9-22)18-31(3)15-14-24-17-25(12-13-28(24)37-31)30(36)33(20-29(34)35)19-26-6-4-5-7-27(26)32/h4-13,17,21H,14-16,18-20H2,1-3H3,(H,34,35). The molecule has 0 aliphatic carbocycles.